The number of alkyl halides is 3. The summed E-state index contributed by atoms with van der Waals surface area (Å²) in [6.07, 6.45) is -4.18. The number of nitrogens with one attached hydrogen (secondary N) is 2. The molecule has 1 aliphatic heterocycles. The standard InChI is InChI=1S/C13H14F4N2O/c14-10-4-2-1-3-9(10)12(20)19-8-5-6-11(18-7-8)13(15,16)17/h1-4,8,11,18H,5-7H2,(H,19,20). The number of carbonyl (C=O) groups is 1. The molecule has 1 fully saturated rings. The zero-order chi connectivity index (χ0) is 14.8. The maximum absolute atomic E-state index is 13.4. The van der Waals surface area contributed by atoms with Gasteiger partial charge in [0.1, 0.15) is 11.9 Å². The number of hydrogen-bond acceptors (Lipinski definition) is 2. The van der Waals surface area contributed by atoms with Gasteiger partial charge in [-0.2, -0.15) is 13.2 Å². The molecule has 1 aromatic carbocycles. The summed E-state index contributed by atoms with van der Waals surface area (Å²) >= 11 is 0. The van der Waals surface area contributed by atoms with E-state index in [0.29, 0.717) is 0 Å². The maximum atomic E-state index is 13.4. The quantitative estimate of drug-likeness (QED) is 0.820. The monoisotopic (exact) mass is 290 g/mol. The molecule has 2 N–H and O–H groups in total. The number of piperidine rings is 1. The highest BCUT2D eigenvalue weighted by Crippen LogP contribution is 2.26. The van der Waals surface area contributed by atoms with E-state index in [1.54, 1.807) is 0 Å². The molecule has 1 aromatic rings. The van der Waals surface area contributed by atoms with Gasteiger partial charge in [-0.25, -0.2) is 4.39 Å². The molecule has 0 spiro atoms. The Bertz CT molecular complexity index is 482. The fraction of sp³-hybridized carbons (Fsp3) is 0.462. The molecule has 1 amide bonds. The van der Waals surface area contributed by atoms with Gasteiger partial charge in [0, 0.05) is 12.6 Å². The fourth-order valence-electron chi connectivity index (χ4n) is 2.17. The van der Waals surface area contributed by atoms with E-state index in [-0.39, 0.29) is 24.9 Å². The Kier molecular flexibility index (Phi) is 4.27. The van der Waals surface area contributed by atoms with Crippen LogP contribution in [0.3, 0.4) is 0 Å². The van der Waals surface area contributed by atoms with Crippen molar-refractivity contribution in [3.63, 3.8) is 0 Å². The van der Waals surface area contributed by atoms with Crippen LogP contribution in [0.25, 0.3) is 0 Å². The largest absolute Gasteiger partial charge is 0.403 e. The number of benzene rings is 1. The summed E-state index contributed by atoms with van der Waals surface area (Å²) in [4.78, 5) is 11.8. The number of amides is 1. The Morgan fingerprint density at radius 2 is 1.95 bits per heavy atom. The summed E-state index contributed by atoms with van der Waals surface area (Å²) in [5.74, 6) is -1.26. The molecule has 7 heteroatoms. The van der Waals surface area contributed by atoms with Crippen molar-refractivity contribution >= 4 is 5.91 Å². The number of halogens is 4. The smallest absolute Gasteiger partial charge is 0.348 e. The lowest BCUT2D eigenvalue weighted by Crippen LogP contribution is -2.54. The van der Waals surface area contributed by atoms with Crippen LogP contribution in [-0.2, 0) is 0 Å². The van der Waals surface area contributed by atoms with E-state index in [4.69, 9.17) is 0 Å². The van der Waals surface area contributed by atoms with Crippen LogP contribution >= 0.6 is 0 Å². The summed E-state index contributed by atoms with van der Waals surface area (Å²) in [5.41, 5.74) is -0.106. The van der Waals surface area contributed by atoms with Crippen LogP contribution in [0.15, 0.2) is 24.3 Å². The first-order chi connectivity index (χ1) is 9.38. The van der Waals surface area contributed by atoms with Gasteiger partial charge in [0.05, 0.1) is 5.56 Å². The molecule has 0 bridgehead atoms. The highest BCUT2D eigenvalue weighted by Gasteiger charge is 2.41. The van der Waals surface area contributed by atoms with Crippen LogP contribution in [-0.4, -0.2) is 30.7 Å². The molecule has 110 valence electrons. The van der Waals surface area contributed by atoms with Gasteiger partial charge in [0.25, 0.3) is 5.91 Å². The average molecular weight is 290 g/mol. The summed E-state index contributed by atoms with van der Waals surface area (Å²) in [7, 11) is 0. The van der Waals surface area contributed by atoms with E-state index in [0.717, 1.165) is 6.07 Å². The van der Waals surface area contributed by atoms with Crippen LogP contribution in [0.2, 0.25) is 0 Å². The van der Waals surface area contributed by atoms with Crippen LogP contribution in [0.1, 0.15) is 23.2 Å². The minimum atomic E-state index is -4.28. The molecule has 0 saturated carbocycles. The average Bonchev–Trinajstić information content (AvgIpc) is 2.38. The van der Waals surface area contributed by atoms with Crippen molar-refractivity contribution < 1.29 is 22.4 Å². The lowest BCUT2D eigenvalue weighted by molar-refractivity contribution is -0.160. The Balaban J connectivity index is 1.90. The Morgan fingerprint density at radius 1 is 1.25 bits per heavy atom. The van der Waals surface area contributed by atoms with Crippen LogP contribution < -0.4 is 10.6 Å². The maximum Gasteiger partial charge on any atom is 0.403 e. The minimum Gasteiger partial charge on any atom is -0.348 e. The zero-order valence-electron chi connectivity index (χ0n) is 10.5. The lowest BCUT2D eigenvalue weighted by Gasteiger charge is -2.31. The fourth-order valence-corrected chi connectivity index (χ4v) is 2.17. The van der Waals surface area contributed by atoms with Crippen molar-refractivity contribution in [1.82, 2.24) is 10.6 Å². The molecule has 1 heterocycles. The summed E-state index contributed by atoms with van der Waals surface area (Å²) in [6, 6.07) is 3.51. The second kappa shape index (κ2) is 5.78. The Morgan fingerprint density at radius 3 is 2.50 bits per heavy atom. The van der Waals surface area contributed by atoms with E-state index in [1.165, 1.54) is 18.2 Å². The molecule has 0 aliphatic carbocycles. The molecule has 2 rings (SSSR count). The van der Waals surface area contributed by atoms with Gasteiger partial charge in [-0.1, -0.05) is 12.1 Å². The van der Waals surface area contributed by atoms with E-state index < -0.39 is 30.0 Å². The van der Waals surface area contributed by atoms with Gasteiger partial charge in [-0.05, 0) is 25.0 Å². The molecule has 0 radical (unpaired) electrons. The van der Waals surface area contributed by atoms with Crippen molar-refractivity contribution in [2.75, 3.05) is 6.54 Å². The summed E-state index contributed by atoms with van der Waals surface area (Å²) in [5, 5.41) is 4.89. The predicted molar refractivity (Wildman–Crippen MR) is 64.7 cm³/mol. The zero-order valence-corrected chi connectivity index (χ0v) is 10.5. The van der Waals surface area contributed by atoms with Gasteiger partial charge in [0.15, 0.2) is 0 Å². The molecule has 2 unspecified atom stereocenters. The third-order valence-corrected chi connectivity index (χ3v) is 3.26. The van der Waals surface area contributed by atoms with Crippen molar-refractivity contribution in [3.05, 3.63) is 35.6 Å². The second-order valence-corrected chi connectivity index (χ2v) is 4.73. The Hall–Kier alpha value is -1.63. The highest BCUT2D eigenvalue weighted by molar-refractivity contribution is 5.94. The Labute approximate surface area is 113 Å². The SMILES string of the molecule is O=C(NC1CCC(C(F)(F)F)NC1)c1ccccc1F. The van der Waals surface area contributed by atoms with E-state index in [9.17, 15) is 22.4 Å². The number of hydrogen-bond donors (Lipinski definition) is 2. The van der Waals surface area contributed by atoms with Crippen LogP contribution in [0, 0.1) is 5.82 Å². The van der Waals surface area contributed by atoms with Crippen LogP contribution in [0.5, 0.6) is 0 Å². The van der Waals surface area contributed by atoms with Gasteiger partial charge in [-0.3, -0.25) is 4.79 Å². The van der Waals surface area contributed by atoms with Gasteiger partial charge < -0.3 is 10.6 Å². The molecule has 2 atom stereocenters. The third-order valence-electron chi connectivity index (χ3n) is 3.26. The third kappa shape index (κ3) is 3.47. The normalized spacial score (nSPS) is 23.4. The molecule has 0 aromatic heterocycles. The van der Waals surface area contributed by atoms with Crippen LogP contribution in [0.4, 0.5) is 17.6 Å². The van der Waals surface area contributed by atoms with Crippen molar-refractivity contribution in [2.45, 2.75) is 31.1 Å². The number of carbonyl (C=O) groups excluding carboxylic acids is 1. The highest BCUT2D eigenvalue weighted by atomic mass is 19.4. The predicted octanol–water partition coefficient (Wildman–Crippen LogP) is 2.24. The molecule has 1 saturated heterocycles. The van der Waals surface area contributed by atoms with Crippen molar-refractivity contribution in [1.29, 1.82) is 0 Å². The first-order valence-corrected chi connectivity index (χ1v) is 6.23. The summed E-state index contributed by atoms with van der Waals surface area (Å²) < 4.78 is 50.7. The first kappa shape index (κ1) is 14.8. The molecule has 3 nitrogen and oxygen atoms in total. The molecule has 1 aliphatic rings. The van der Waals surface area contributed by atoms with Crippen molar-refractivity contribution in [2.24, 2.45) is 0 Å². The van der Waals surface area contributed by atoms with Gasteiger partial charge in [-0.15, -0.1) is 0 Å². The topological polar surface area (TPSA) is 41.1 Å². The molecular weight excluding hydrogens is 276 g/mol. The molecule has 20 heavy (non-hydrogen) atoms. The molecular formula is C13H14F4N2O. The van der Waals surface area contributed by atoms with Crippen molar-refractivity contribution in [3.8, 4) is 0 Å². The van der Waals surface area contributed by atoms with E-state index in [1.807, 2.05) is 0 Å². The van der Waals surface area contributed by atoms with Gasteiger partial charge in [0.2, 0.25) is 0 Å². The minimum absolute atomic E-state index is 0.0182. The second-order valence-electron chi connectivity index (χ2n) is 4.73. The van der Waals surface area contributed by atoms with E-state index in [2.05, 4.69) is 10.6 Å². The van der Waals surface area contributed by atoms with E-state index >= 15 is 0 Å². The number of rotatable bonds is 2. The summed E-state index contributed by atoms with van der Waals surface area (Å²) in [6.45, 7) is 0.0182. The first-order valence-electron chi connectivity index (χ1n) is 6.23. The lowest BCUT2D eigenvalue weighted by atomic mass is 10.00. The van der Waals surface area contributed by atoms with Gasteiger partial charge >= 0.3 is 6.18 Å².